The third kappa shape index (κ3) is 1.77. The molecule has 1 atom stereocenters. The van der Waals surface area contributed by atoms with Crippen LogP contribution in [0.3, 0.4) is 0 Å². The molecule has 0 saturated heterocycles. The van der Waals surface area contributed by atoms with Crippen molar-refractivity contribution in [2.24, 2.45) is 0 Å². The van der Waals surface area contributed by atoms with Crippen molar-refractivity contribution in [2.45, 2.75) is 26.2 Å². The molecule has 1 unspecified atom stereocenters. The third-order valence-corrected chi connectivity index (χ3v) is 2.78. The summed E-state index contributed by atoms with van der Waals surface area (Å²) in [6, 6.07) is 5.66. The number of ketones is 1. The summed E-state index contributed by atoms with van der Waals surface area (Å²) in [5.74, 6) is 0.170. The molecule has 0 spiro atoms. The van der Waals surface area contributed by atoms with Crippen LogP contribution in [-0.4, -0.2) is 11.7 Å². The zero-order valence-corrected chi connectivity index (χ0v) is 8.83. The highest BCUT2D eigenvalue weighted by atomic mass is 16.1. The van der Waals surface area contributed by atoms with Gasteiger partial charge in [0.15, 0.2) is 0 Å². The summed E-state index contributed by atoms with van der Waals surface area (Å²) in [6.07, 6.45) is 0.490. The van der Waals surface area contributed by atoms with Crippen molar-refractivity contribution in [3.63, 3.8) is 0 Å². The average Bonchev–Trinajstić information content (AvgIpc) is 2.41. The Bertz CT molecular complexity index is 437. The molecule has 1 aliphatic rings. The van der Waals surface area contributed by atoms with Gasteiger partial charge in [0.25, 0.3) is 0 Å². The summed E-state index contributed by atoms with van der Waals surface area (Å²) in [7, 11) is 0. The van der Waals surface area contributed by atoms with Gasteiger partial charge in [-0.2, -0.15) is 0 Å². The number of Topliss-reactive ketones (excluding diaryl/α,β-unsaturated/α-hetero) is 1. The highest BCUT2D eigenvalue weighted by Crippen LogP contribution is 2.31. The van der Waals surface area contributed by atoms with Gasteiger partial charge in [-0.3, -0.25) is 9.59 Å². The molecule has 0 heterocycles. The molecule has 0 bridgehead atoms. The van der Waals surface area contributed by atoms with Gasteiger partial charge in [0.2, 0.25) is 5.91 Å². The fraction of sp³-hybridized carbons (Fsp3) is 0.333. The van der Waals surface area contributed by atoms with Crippen molar-refractivity contribution in [1.82, 2.24) is 0 Å². The largest absolute Gasteiger partial charge is 0.326 e. The van der Waals surface area contributed by atoms with Crippen molar-refractivity contribution in [3.05, 3.63) is 29.3 Å². The maximum Gasteiger partial charge on any atom is 0.221 e. The second-order valence-corrected chi connectivity index (χ2v) is 3.96. The van der Waals surface area contributed by atoms with E-state index in [1.54, 1.807) is 0 Å². The van der Waals surface area contributed by atoms with Gasteiger partial charge in [-0.15, -0.1) is 0 Å². The first-order chi connectivity index (χ1) is 7.08. The zero-order valence-electron chi connectivity index (χ0n) is 8.83. The minimum atomic E-state index is -0.0904. The Morgan fingerprint density at radius 1 is 1.47 bits per heavy atom. The molecule has 1 aromatic carbocycles. The van der Waals surface area contributed by atoms with E-state index >= 15 is 0 Å². The Hall–Kier alpha value is -1.64. The molecule has 0 aromatic heterocycles. The van der Waals surface area contributed by atoms with Gasteiger partial charge in [0.1, 0.15) is 5.78 Å². The van der Waals surface area contributed by atoms with E-state index in [-0.39, 0.29) is 17.6 Å². The molecule has 2 rings (SSSR count). The van der Waals surface area contributed by atoms with Crippen LogP contribution in [0.4, 0.5) is 5.69 Å². The maximum atomic E-state index is 11.5. The Labute approximate surface area is 88.5 Å². The first kappa shape index (κ1) is 9.90. The molecule has 1 aliphatic carbocycles. The topological polar surface area (TPSA) is 46.2 Å². The van der Waals surface area contributed by atoms with E-state index in [1.807, 2.05) is 25.1 Å². The van der Waals surface area contributed by atoms with Crippen LogP contribution >= 0.6 is 0 Å². The fourth-order valence-corrected chi connectivity index (χ4v) is 1.98. The molecule has 0 fully saturated rings. The van der Waals surface area contributed by atoms with Crippen molar-refractivity contribution in [1.29, 1.82) is 0 Å². The van der Waals surface area contributed by atoms with E-state index in [1.165, 1.54) is 6.92 Å². The summed E-state index contributed by atoms with van der Waals surface area (Å²) in [5, 5.41) is 2.71. The van der Waals surface area contributed by atoms with Crippen LogP contribution in [-0.2, 0) is 16.0 Å². The maximum absolute atomic E-state index is 11.5. The smallest absolute Gasteiger partial charge is 0.221 e. The third-order valence-electron chi connectivity index (χ3n) is 2.78. The summed E-state index contributed by atoms with van der Waals surface area (Å²) >= 11 is 0. The molecule has 0 aliphatic heterocycles. The van der Waals surface area contributed by atoms with Crippen molar-refractivity contribution in [3.8, 4) is 0 Å². The normalized spacial score (nSPS) is 18.8. The van der Waals surface area contributed by atoms with E-state index in [4.69, 9.17) is 0 Å². The number of nitrogens with one attached hydrogen (secondary N) is 1. The lowest BCUT2D eigenvalue weighted by atomic mass is 10.0. The molecule has 15 heavy (non-hydrogen) atoms. The van der Waals surface area contributed by atoms with Crippen LogP contribution in [0.25, 0.3) is 0 Å². The summed E-state index contributed by atoms with van der Waals surface area (Å²) in [5.41, 5.74) is 2.90. The second-order valence-electron chi connectivity index (χ2n) is 3.96. The van der Waals surface area contributed by atoms with E-state index in [2.05, 4.69) is 5.32 Å². The van der Waals surface area contributed by atoms with Crippen molar-refractivity contribution >= 4 is 17.4 Å². The molecule has 78 valence electrons. The first-order valence-corrected chi connectivity index (χ1v) is 5.01. The zero-order chi connectivity index (χ0) is 11.0. The number of amides is 1. The lowest BCUT2D eigenvalue weighted by molar-refractivity contribution is -0.118. The average molecular weight is 203 g/mol. The lowest BCUT2D eigenvalue weighted by Crippen LogP contribution is -2.05. The molecule has 1 N–H and O–H groups in total. The molecular weight excluding hydrogens is 190 g/mol. The van der Waals surface area contributed by atoms with Crippen LogP contribution in [0.1, 0.15) is 30.9 Å². The SMILES string of the molecule is CC(=O)Nc1ccc2c(c1)CC(=O)C2C. The van der Waals surface area contributed by atoms with Crippen LogP contribution in [0.5, 0.6) is 0 Å². The number of benzene rings is 1. The van der Waals surface area contributed by atoms with E-state index < -0.39 is 0 Å². The number of hydrogen-bond acceptors (Lipinski definition) is 2. The molecular formula is C12H13NO2. The van der Waals surface area contributed by atoms with E-state index in [0.717, 1.165) is 16.8 Å². The summed E-state index contributed by atoms with van der Waals surface area (Å²) < 4.78 is 0. The first-order valence-electron chi connectivity index (χ1n) is 5.01. The second kappa shape index (κ2) is 3.50. The Balaban J connectivity index is 2.33. The van der Waals surface area contributed by atoms with Gasteiger partial charge >= 0.3 is 0 Å². The van der Waals surface area contributed by atoms with Gasteiger partial charge in [-0.05, 0) is 23.3 Å². The van der Waals surface area contributed by atoms with Gasteiger partial charge in [-0.25, -0.2) is 0 Å². The minimum absolute atomic E-state index is 0.00591. The summed E-state index contributed by atoms with van der Waals surface area (Å²) in [6.45, 7) is 3.40. The highest BCUT2D eigenvalue weighted by Gasteiger charge is 2.26. The van der Waals surface area contributed by atoms with Crippen LogP contribution in [0.2, 0.25) is 0 Å². The molecule has 3 nitrogen and oxygen atoms in total. The highest BCUT2D eigenvalue weighted by molar-refractivity contribution is 5.94. The molecule has 0 saturated carbocycles. The molecule has 3 heteroatoms. The van der Waals surface area contributed by atoms with E-state index in [9.17, 15) is 9.59 Å². The van der Waals surface area contributed by atoms with E-state index in [0.29, 0.717) is 6.42 Å². The van der Waals surface area contributed by atoms with Crippen LogP contribution in [0.15, 0.2) is 18.2 Å². The number of carbonyl (C=O) groups is 2. The molecule has 0 radical (unpaired) electrons. The minimum Gasteiger partial charge on any atom is -0.326 e. The number of rotatable bonds is 1. The van der Waals surface area contributed by atoms with Gasteiger partial charge in [-0.1, -0.05) is 13.0 Å². The lowest BCUT2D eigenvalue weighted by Gasteiger charge is -2.06. The van der Waals surface area contributed by atoms with Gasteiger partial charge < -0.3 is 5.32 Å². The van der Waals surface area contributed by atoms with Gasteiger partial charge in [0, 0.05) is 24.9 Å². The predicted molar refractivity (Wildman–Crippen MR) is 57.9 cm³/mol. The Morgan fingerprint density at radius 3 is 2.87 bits per heavy atom. The quantitative estimate of drug-likeness (QED) is 0.757. The fourth-order valence-electron chi connectivity index (χ4n) is 1.98. The summed E-state index contributed by atoms with van der Waals surface area (Å²) in [4.78, 5) is 22.3. The monoisotopic (exact) mass is 203 g/mol. The van der Waals surface area contributed by atoms with Crippen molar-refractivity contribution in [2.75, 3.05) is 5.32 Å². The van der Waals surface area contributed by atoms with Gasteiger partial charge in [0.05, 0.1) is 0 Å². The number of hydrogen-bond donors (Lipinski definition) is 1. The Kier molecular flexibility index (Phi) is 2.31. The Morgan fingerprint density at radius 2 is 2.20 bits per heavy atom. The number of anilines is 1. The predicted octanol–water partition coefficient (Wildman–Crippen LogP) is 1.87. The van der Waals surface area contributed by atoms with Crippen LogP contribution < -0.4 is 5.32 Å². The van der Waals surface area contributed by atoms with Crippen LogP contribution in [0, 0.1) is 0 Å². The van der Waals surface area contributed by atoms with Crippen molar-refractivity contribution < 1.29 is 9.59 Å². The number of fused-ring (bicyclic) bond motifs is 1. The molecule has 1 amide bonds. The number of carbonyl (C=O) groups excluding carboxylic acids is 2. The molecule has 1 aromatic rings. The standard InChI is InChI=1S/C12H13NO2/c1-7-11-4-3-10(13-8(2)14)5-9(11)6-12(7)15/h3-5,7H,6H2,1-2H3,(H,13,14).